The Morgan fingerprint density at radius 1 is 0.474 bits per heavy atom. The molecule has 0 saturated carbocycles. The molecule has 0 unspecified atom stereocenters. The zero-order chi connectivity index (χ0) is 15.4. The summed E-state index contributed by atoms with van der Waals surface area (Å²) in [6, 6.07) is 0. The molecule has 0 saturated heterocycles. The molecule has 19 heteroatoms. The van der Waals surface area contributed by atoms with Gasteiger partial charge in [0.2, 0.25) is 0 Å². The van der Waals surface area contributed by atoms with Crippen LogP contribution >= 0.6 is 0 Å². The largest absolute Gasteiger partial charge is 4.00 e. The third kappa shape index (κ3) is 32.5. The first-order chi connectivity index (χ1) is 7.41. The van der Waals surface area contributed by atoms with Gasteiger partial charge in [-0.05, 0) is 0 Å². The summed E-state index contributed by atoms with van der Waals surface area (Å²) in [7, 11) is 0. The van der Waals surface area contributed by atoms with Crippen molar-refractivity contribution in [3.63, 3.8) is 0 Å². The first-order valence-electron chi connectivity index (χ1n) is 2.67. The predicted molar refractivity (Wildman–Crippen MR) is 13.4 cm³/mol. The van der Waals surface area contributed by atoms with Crippen molar-refractivity contribution >= 4 is 23.9 Å². The Bertz CT molecular complexity index is 532. The smallest absolute Gasteiger partial charge is 4.00 e. The van der Waals surface area contributed by atoms with Crippen molar-refractivity contribution in [1.82, 2.24) is 0 Å². The molecule has 0 N–H and O–H groups in total. The zero-order valence-electron chi connectivity index (χ0n) is 7.85. The Kier molecular flexibility index (Phi) is 11.2. The maximum Gasteiger partial charge on any atom is 4.00 e. The second-order valence-corrected chi connectivity index (χ2v) is 9.05. The van der Waals surface area contributed by atoms with E-state index in [0.717, 1.165) is 0 Å². The molecule has 0 spiro atoms. The minimum Gasteiger partial charge on any atom is 4.00 e. The standard InChI is InChI=1S/4Cr.14O.Sn/q;;;;;;;;;;;;;;4*-1;+4. The van der Waals surface area contributed by atoms with Gasteiger partial charge in [0.15, 0.2) is 0 Å². The molecular formula is Cr4O14Sn. The van der Waals surface area contributed by atoms with Crippen LogP contribution < -0.4 is 16.6 Å². The monoisotopic (exact) mass is 552 g/mol. The molecular weight excluding hydrogens is 551 g/mol. The van der Waals surface area contributed by atoms with E-state index in [0.29, 0.717) is 0 Å². The van der Waals surface area contributed by atoms with Gasteiger partial charge in [-0.2, -0.15) is 0 Å². The molecule has 0 aromatic carbocycles. The molecule has 0 aromatic rings. The maximum absolute atomic E-state index is 9.38. The minimum atomic E-state index is -6.07. The molecule has 0 bridgehead atoms. The molecule has 14 nitrogen and oxygen atoms in total. The first-order valence-corrected chi connectivity index (χ1v) is 11.0. The van der Waals surface area contributed by atoms with Crippen molar-refractivity contribution in [1.29, 1.82) is 0 Å². The van der Waals surface area contributed by atoms with Gasteiger partial charge < -0.3 is 0 Å². The molecule has 19 heavy (non-hydrogen) atoms. The summed E-state index contributed by atoms with van der Waals surface area (Å²) in [6.07, 6.45) is 0. The van der Waals surface area contributed by atoms with Crippen molar-refractivity contribution < 1.29 is 107 Å². The van der Waals surface area contributed by atoms with Crippen molar-refractivity contribution in [2.24, 2.45) is 0 Å². The van der Waals surface area contributed by atoms with Gasteiger partial charge in [0.05, 0.1) is 0 Å². The molecule has 0 atom stereocenters. The fourth-order valence-electron chi connectivity index (χ4n) is 0.204. The third-order valence-electron chi connectivity index (χ3n) is 0.333. The predicted octanol–water partition coefficient (Wildman–Crippen LogP) is -6.23. The molecule has 112 valence electrons. The van der Waals surface area contributed by atoms with E-state index >= 15 is 0 Å². The quantitative estimate of drug-likeness (QED) is 0.295. The van der Waals surface area contributed by atoms with Crippen LogP contribution in [0.3, 0.4) is 0 Å². The van der Waals surface area contributed by atoms with Crippen molar-refractivity contribution in [3.8, 4) is 0 Å². The maximum atomic E-state index is 9.38. The zero-order valence-corrected chi connectivity index (χ0v) is 15.8. The van der Waals surface area contributed by atoms with Crippen LogP contribution in [0, 0.1) is 0 Å². The topological polar surface area (TPSA) is 247 Å². The molecule has 0 amide bonds. The molecule has 0 aliphatic carbocycles. The summed E-state index contributed by atoms with van der Waals surface area (Å²) in [6.45, 7) is 0. The van der Waals surface area contributed by atoms with E-state index in [1.165, 1.54) is 0 Å². The van der Waals surface area contributed by atoms with Crippen LogP contribution in [0.25, 0.3) is 0 Å². The van der Waals surface area contributed by atoms with Gasteiger partial charge in [0, 0.05) is 0 Å². The van der Waals surface area contributed by atoms with Crippen LogP contribution in [0.2, 0.25) is 0 Å². The Morgan fingerprint density at radius 3 is 0.579 bits per heavy atom. The van der Waals surface area contributed by atoms with Gasteiger partial charge >= 0.3 is 131 Å². The number of rotatable bonds is 4. The van der Waals surface area contributed by atoms with Gasteiger partial charge in [-0.25, -0.2) is 0 Å². The van der Waals surface area contributed by atoms with Crippen molar-refractivity contribution in [3.05, 3.63) is 0 Å². The summed E-state index contributed by atoms with van der Waals surface area (Å²) in [5.41, 5.74) is 0. The number of hydrogen-bond donors (Lipinski definition) is 0. The summed E-state index contributed by atoms with van der Waals surface area (Å²) in [5.74, 6) is 0. The van der Waals surface area contributed by atoms with Crippen LogP contribution in [0.4, 0.5) is 0 Å². The van der Waals surface area contributed by atoms with E-state index in [1.54, 1.807) is 0 Å². The normalized spacial score (nSPS) is 12.8. The number of hydrogen-bond acceptors (Lipinski definition) is 14. The molecule has 0 rings (SSSR count). The van der Waals surface area contributed by atoms with Crippen molar-refractivity contribution in [2.75, 3.05) is 0 Å². The molecule has 0 radical (unpaired) electrons. The van der Waals surface area contributed by atoms with E-state index in [2.05, 4.69) is 5.68 Å². The van der Waals surface area contributed by atoms with Crippen LogP contribution in [0.5, 0.6) is 0 Å². The van der Waals surface area contributed by atoms with Crippen LogP contribution in [0.15, 0.2) is 0 Å². The van der Waals surface area contributed by atoms with Gasteiger partial charge in [0.1, 0.15) is 0 Å². The molecule has 0 fully saturated rings. The Labute approximate surface area is 130 Å². The second kappa shape index (κ2) is 8.51. The Morgan fingerprint density at radius 2 is 0.579 bits per heavy atom. The van der Waals surface area contributed by atoms with E-state index in [1.807, 2.05) is 0 Å². The summed E-state index contributed by atoms with van der Waals surface area (Å²) >= 11 is -24.3. The van der Waals surface area contributed by atoms with Gasteiger partial charge in [0.25, 0.3) is 0 Å². The minimum absolute atomic E-state index is 0. The van der Waals surface area contributed by atoms with Crippen molar-refractivity contribution in [2.45, 2.75) is 0 Å². The average molecular weight is 551 g/mol. The fourth-order valence-corrected chi connectivity index (χ4v) is 3.47. The SMILES string of the molecule is [O]=[Cr](=[O])([O-])[O][Cr](=[O])(=[O])[O-].[O]=[Cr](=[O])([O-])[O][Cr](=[O])(=[O])[O-].[Sn+4]. The molecule has 0 aliphatic rings. The fraction of sp³-hybridized carbons (Fsp3) is 0. The molecule has 0 aliphatic heterocycles. The van der Waals surface area contributed by atoms with Gasteiger partial charge in [-0.1, -0.05) is 0 Å². The summed E-state index contributed by atoms with van der Waals surface area (Å²) in [4.78, 5) is 0. The third-order valence-corrected chi connectivity index (χ3v) is 5.67. The van der Waals surface area contributed by atoms with Crippen LogP contribution in [-0.2, 0) is 90.6 Å². The Balaban J connectivity index is -0.000000256. The Hall–Kier alpha value is 1.09. The first kappa shape index (κ1) is 25.1. The van der Waals surface area contributed by atoms with Crippen LogP contribution in [0.1, 0.15) is 0 Å². The second-order valence-electron chi connectivity index (χ2n) is 1.77. The molecule has 0 heterocycles. The summed E-state index contributed by atoms with van der Waals surface area (Å²) < 4.78 is 118. The van der Waals surface area contributed by atoms with E-state index in [4.69, 9.17) is 0 Å². The van der Waals surface area contributed by atoms with Gasteiger partial charge in [-0.15, -0.1) is 0 Å². The van der Waals surface area contributed by atoms with Crippen LogP contribution in [-0.4, -0.2) is 23.9 Å². The average Bonchev–Trinajstić information content (AvgIpc) is 1.64. The summed E-state index contributed by atoms with van der Waals surface area (Å²) in [5, 5.41) is 0. The van der Waals surface area contributed by atoms with E-state index < -0.39 is 54.5 Å². The van der Waals surface area contributed by atoms with E-state index in [-0.39, 0.29) is 23.9 Å². The molecule has 0 aromatic heterocycles. The van der Waals surface area contributed by atoms with Gasteiger partial charge in [-0.3, -0.25) is 0 Å². The van der Waals surface area contributed by atoms with E-state index in [9.17, 15) is 47.1 Å².